The highest BCUT2D eigenvalue weighted by Gasteiger charge is 2.07. The minimum Gasteiger partial charge on any atom is -0.384 e. The largest absolute Gasteiger partial charge is 0.384 e. The molecule has 3 rings (SSSR count). The quantitative estimate of drug-likeness (QED) is 0.588. The number of amides is 1. The summed E-state index contributed by atoms with van der Waals surface area (Å²) in [6.45, 7) is 3.40. The summed E-state index contributed by atoms with van der Waals surface area (Å²) in [5.41, 5.74) is 5.06. The van der Waals surface area contributed by atoms with Gasteiger partial charge in [-0.2, -0.15) is 0 Å². The molecule has 0 fully saturated rings. The number of aryl methyl sites for hydroxylation is 2. The first-order valence-electron chi connectivity index (χ1n) is 9.28. The molecular formula is C23H25N3O. The van der Waals surface area contributed by atoms with Crippen molar-refractivity contribution in [2.75, 3.05) is 11.9 Å². The van der Waals surface area contributed by atoms with Gasteiger partial charge in [-0.05, 0) is 42.5 Å². The summed E-state index contributed by atoms with van der Waals surface area (Å²) in [4.78, 5) is 16.6. The van der Waals surface area contributed by atoms with E-state index in [0.29, 0.717) is 12.1 Å². The Hall–Kier alpha value is -3.14. The lowest BCUT2D eigenvalue weighted by atomic mass is 10.1. The zero-order chi connectivity index (χ0) is 18.9. The number of rotatable bonds is 8. The van der Waals surface area contributed by atoms with Crippen LogP contribution < -0.4 is 10.6 Å². The van der Waals surface area contributed by atoms with Crippen LogP contribution in [0.25, 0.3) is 0 Å². The van der Waals surface area contributed by atoms with Gasteiger partial charge in [-0.1, -0.05) is 54.6 Å². The van der Waals surface area contributed by atoms with Crippen molar-refractivity contribution in [2.24, 2.45) is 0 Å². The molecule has 4 heteroatoms. The highest BCUT2D eigenvalue weighted by molar-refractivity contribution is 5.94. The lowest BCUT2D eigenvalue weighted by molar-refractivity contribution is 0.0950. The third-order valence-electron chi connectivity index (χ3n) is 4.52. The van der Waals surface area contributed by atoms with Gasteiger partial charge in [0.2, 0.25) is 0 Å². The topological polar surface area (TPSA) is 54.0 Å². The van der Waals surface area contributed by atoms with Crippen LogP contribution in [0.4, 0.5) is 5.69 Å². The Morgan fingerprint density at radius 3 is 2.59 bits per heavy atom. The third kappa shape index (κ3) is 5.68. The summed E-state index contributed by atoms with van der Waals surface area (Å²) in [7, 11) is 0. The summed E-state index contributed by atoms with van der Waals surface area (Å²) in [6, 6.07) is 20.3. The number of hydrogen-bond acceptors (Lipinski definition) is 3. The molecule has 1 aromatic heterocycles. The fourth-order valence-corrected chi connectivity index (χ4v) is 2.92. The second-order valence-corrected chi connectivity index (χ2v) is 6.59. The van der Waals surface area contributed by atoms with Crippen LogP contribution in [0.3, 0.4) is 0 Å². The highest BCUT2D eigenvalue weighted by Crippen LogP contribution is 2.11. The molecule has 27 heavy (non-hydrogen) atoms. The maximum atomic E-state index is 12.4. The van der Waals surface area contributed by atoms with Gasteiger partial charge in [-0.25, -0.2) is 0 Å². The Morgan fingerprint density at radius 2 is 1.78 bits per heavy atom. The fourth-order valence-electron chi connectivity index (χ4n) is 2.92. The molecule has 0 aliphatic carbocycles. The molecule has 0 aliphatic rings. The molecule has 0 spiro atoms. The van der Waals surface area contributed by atoms with Gasteiger partial charge in [0.25, 0.3) is 5.91 Å². The Kier molecular flexibility index (Phi) is 6.58. The van der Waals surface area contributed by atoms with Gasteiger partial charge < -0.3 is 10.6 Å². The van der Waals surface area contributed by atoms with Crippen LogP contribution in [0.1, 0.15) is 33.5 Å². The molecule has 0 atom stereocenters. The summed E-state index contributed by atoms with van der Waals surface area (Å²) < 4.78 is 0. The van der Waals surface area contributed by atoms with Crippen molar-refractivity contribution >= 4 is 11.6 Å². The molecule has 0 saturated carbocycles. The first-order valence-corrected chi connectivity index (χ1v) is 9.28. The highest BCUT2D eigenvalue weighted by atomic mass is 16.1. The molecular weight excluding hydrogens is 334 g/mol. The first-order chi connectivity index (χ1) is 13.2. The van der Waals surface area contributed by atoms with E-state index < -0.39 is 0 Å². The number of carbonyl (C=O) groups is 1. The number of benzene rings is 2. The van der Waals surface area contributed by atoms with E-state index in [9.17, 15) is 4.79 Å². The standard InChI is InChI=1S/C23H25N3O/c1-18-8-5-6-12-20(18)16-26-23(27)21-14-22(17-24-15-21)25-13-7-11-19-9-3-2-4-10-19/h2-6,8-10,12,14-15,17,25H,7,11,13,16H2,1H3,(H,26,27). The maximum absolute atomic E-state index is 12.4. The van der Waals surface area contributed by atoms with Gasteiger partial charge >= 0.3 is 0 Å². The van der Waals surface area contributed by atoms with Crippen LogP contribution >= 0.6 is 0 Å². The van der Waals surface area contributed by atoms with E-state index in [2.05, 4.69) is 39.9 Å². The van der Waals surface area contributed by atoms with Crippen molar-refractivity contribution in [3.05, 3.63) is 95.3 Å². The number of anilines is 1. The molecule has 0 saturated heterocycles. The van der Waals surface area contributed by atoms with Crippen molar-refractivity contribution in [2.45, 2.75) is 26.3 Å². The molecule has 0 radical (unpaired) electrons. The number of carbonyl (C=O) groups excluding carboxylic acids is 1. The zero-order valence-corrected chi connectivity index (χ0v) is 15.6. The third-order valence-corrected chi connectivity index (χ3v) is 4.52. The molecule has 3 aromatic rings. The van der Waals surface area contributed by atoms with E-state index in [1.165, 1.54) is 11.1 Å². The molecule has 1 heterocycles. The molecule has 2 N–H and O–H groups in total. The van der Waals surface area contributed by atoms with E-state index in [1.807, 2.05) is 43.3 Å². The monoisotopic (exact) mass is 359 g/mol. The van der Waals surface area contributed by atoms with Crippen molar-refractivity contribution in [3.8, 4) is 0 Å². The number of nitrogens with zero attached hydrogens (tertiary/aromatic N) is 1. The van der Waals surface area contributed by atoms with E-state index in [4.69, 9.17) is 0 Å². The smallest absolute Gasteiger partial charge is 0.253 e. The van der Waals surface area contributed by atoms with Crippen molar-refractivity contribution in [1.82, 2.24) is 10.3 Å². The molecule has 4 nitrogen and oxygen atoms in total. The minimum absolute atomic E-state index is 0.112. The van der Waals surface area contributed by atoms with Crippen LogP contribution in [0.15, 0.2) is 73.1 Å². The maximum Gasteiger partial charge on any atom is 0.253 e. The number of pyridine rings is 1. The lowest BCUT2D eigenvalue weighted by Gasteiger charge is -2.10. The predicted octanol–water partition coefficient (Wildman–Crippen LogP) is 4.36. The van der Waals surface area contributed by atoms with Crippen LogP contribution in [-0.2, 0) is 13.0 Å². The molecule has 0 unspecified atom stereocenters. The van der Waals surface area contributed by atoms with Gasteiger partial charge in [0.05, 0.1) is 11.3 Å². The molecule has 0 bridgehead atoms. The molecule has 0 aliphatic heterocycles. The first kappa shape index (κ1) is 18.6. The summed E-state index contributed by atoms with van der Waals surface area (Å²) in [6.07, 6.45) is 5.40. The summed E-state index contributed by atoms with van der Waals surface area (Å²) >= 11 is 0. The lowest BCUT2D eigenvalue weighted by Crippen LogP contribution is -2.23. The van der Waals surface area contributed by atoms with Crippen molar-refractivity contribution in [1.29, 1.82) is 0 Å². The molecule has 2 aromatic carbocycles. The summed E-state index contributed by atoms with van der Waals surface area (Å²) in [5.74, 6) is -0.112. The zero-order valence-electron chi connectivity index (χ0n) is 15.6. The molecule has 138 valence electrons. The average Bonchev–Trinajstić information content (AvgIpc) is 2.71. The number of hydrogen-bond donors (Lipinski definition) is 2. The van der Waals surface area contributed by atoms with Gasteiger partial charge in [0.1, 0.15) is 0 Å². The SMILES string of the molecule is Cc1ccccc1CNC(=O)c1cncc(NCCCc2ccccc2)c1. The Balaban J connectivity index is 1.49. The Morgan fingerprint density at radius 1 is 1.00 bits per heavy atom. The van der Waals surface area contributed by atoms with E-state index in [-0.39, 0.29) is 5.91 Å². The van der Waals surface area contributed by atoms with Gasteiger partial charge in [-0.3, -0.25) is 9.78 Å². The predicted molar refractivity (Wildman–Crippen MR) is 110 cm³/mol. The van der Waals surface area contributed by atoms with E-state index >= 15 is 0 Å². The second kappa shape index (κ2) is 9.53. The van der Waals surface area contributed by atoms with E-state index in [0.717, 1.165) is 30.6 Å². The second-order valence-electron chi connectivity index (χ2n) is 6.59. The Labute approximate surface area is 160 Å². The molecule has 1 amide bonds. The van der Waals surface area contributed by atoms with Crippen LogP contribution in [0.5, 0.6) is 0 Å². The van der Waals surface area contributed by atoms with Crippen LogP contribution in [-0.4, -0.2) is 17.4 Å². The average molecular weight is 359 g/mol. The van der Waals surface area contributed by atoms with E-state index in [1.54, 1.807) is 12.4 Å². The van der Waals surface area contributed by atoms with Gasteiger partial charge in [-0.15, -0.1) is 0 Å². The van der Waals surface area contributed by atoms with Crippen molar-refractivity contribution < 1.29 is 4.79 Å². The van der Waals surface area contributed by atoms with Crippen LogP contribution in [0.2, 0.25) is 0 Å². The van der Waals surface area contributed by atoms with Gasteiger partial charge in [0.15, 0.2) is 0 Å². The number of aromatic nitrogens is 1. The van der Waals surface area contributed by atoms with Crippen molar-refractivity contribution in [3.63, 3.8) is 0 Å². The number of nitrogens with one attached hydrogen (secondary N) is 2. The van der Waals surface area contributed by atoms with Crippen LogP contribution in [0, 0.1) is 6.92 Å². The fraction of sp³-hybridized carbons (Fsp3) is 0.217. The Bertz CT molecular complexity index is 878. The minimum atomic E-state index is -0.112. The van der Waals surface area contributed by atoms with Gasteiger partial charge in [0, 0.05) is 25.5 Å². The summed E-state index contributed by atoms with van der Waals surface area (Å²) in [5, 5.41) is 6.32. The normalized spacial score (nSPS) is 10.4.